The molecule has 0 aliphatic carbocycles. The molecule has 1 N–H and O–H groups in total. The van der Waals surface area contributed by atoms with Gasteiger partial charge in [-0.3, -0.25) is 4.79 Å². The van der Waals surface area contributed by atoms with E-state index < -0.39 is 0 Å². The summed E-state index contributed by atoms with van der Waals surface area (Å²) in [6, 6.07) is 19.7. The minimum Gasteiger partial charge on any atom is -0.508 e. The van der Waals surface area contributed by atoms with Crippen LogP contribution in [-0.4, -0.2) is 29.0 Å². The van der Waals surface area contributed by atoms with Crippen LogP contribution in [0.3, 0.4) is 0 Å². The van der Waals surface area contributed by atoms with E-state index in [2.05, 4.69) is 24.8 Å². The highest BCUT2D eigenvalue weighted by molar-refractivity contribution is 5.99. The summed E-state index contributed by atoms with van der Waals surface area (Å²) in [6.07, 6.45) is 1.35. The fraction of sp³-hybridized carbons (Fsp3) is 0.125. The fourth-order valence-corrected chi connectivity index (χ4v) is 3.92. The summed E-state index contributed by atoms with van der Waals surface area (Å²) in [5.41, 5.74) is 2.79. The van der Waals surface area contributed by atoms with Crippen LogP contribution >= 0.6 is 0 Å². The Morgan fingerprint density at radius 2 is 1.89 bits per heavy atom. The van der Waals surface area contributed by atoms with Crippen molar-refractivity contribution in [3.05, 3.63) is 79.1 Å². The maximum Gasteiger partial charge on any atom is 0.246 e. The van der Waals surface area contributed by atoms with Crippen LogP contribution in [0.2, 0.25) is 0 Å². The molecule has 0 saturated carbocycles. The van der Waals surface area contributed by atoms with Gasteiger partial charge in [-0.25, -0.2) is 0 Å². The summed E-state index contributed by atoms with van der Waals surface area (Å²) in [4.78, 5) is 13.4. The number of rotatable bonds is 3. The van der Waals surface area contributed by atoms with Gasteiger partial charge in [-0.2, -0.15) is 0 Å². The van der Waals surface area contributed by atoms with Crippen molar-refractivity contribution < 1.29 is 14.3 Å². The number of likely N-dealkylation sites (tertiary alicyclic amines) is 1. The van der Waals surface area contributed by atoms with Crippen molar-refractivity contribution in [2.45, 2.75) is 5.92 Å². The molecule has 0 bridgehead atoms. The number of hydrogen-bond acceptors (Lipinski definition) is 3. The number of fused-ring (bicyclic) bond motifs is 2. The van der Waals surface area contributed by atoms with Crippen LogP contribution < -0.4 is 0 Å². The predicted octanol–water partition coefficient (Wildman–Crippen LogP) is 5.07. The standard InChI is InChI=1S/C24H19NO3/c1-2-24(27)25-13-18(14-25)23-11-17-8-7-16(10-22(17)28-23)21-12-19(26)9-15-5-3-4-6-20(15)21/h2-12,18,26H,1,13-14H2. The van der Waals surface area contributed by atoms with Crippen molar-refractivity contribution in [2.24, 2.45) is 0 Å². The first kappa shape index (κ1) is 16.6. The van der Waals surface area contributed by atoms with Crippen LogP contribution in [0.5, 0.6) is 5.75 Å². The number of benzene rings is 3. The summed E-state index contributed by atoms with van der Waals surface area (Å²) in [7, 11) is 0. The molecule has 4 nitrogen and oxygen atoms in total. The summed E-state index contributed by atoms with van der Waals surface area (Å²) >= 11 is 0. The lowest BCUT2D eigenvalue weighted by atomic mass is 9.96. The van der Waals surface area contributed by atoms with Crippen LogP contribution in [0.15, 0.2) is 77.7 Å². The van der Waals surface area contributed by atoms with Gasteiger partial charge in [0.05, 0.1) is 5.92 Å². The molecule has 138 valence electrons. The number of phenols is 1. The van der Waals surface area contributed by atoms with Crippen molar-refractivity contribution in [2.75, 3.05) is 13.1 Å². The molecule has 0 unspecified atom stereocenters. The zero-order chi connectivity index (χ0) is 19.3. The van der Waals surface area contributed by atoms with Gasteiger partial charge < -0.3 is 14.4 Å². The summed E-state index contributed by atoms with van der Waals surface area (Å²) in [5, 5.41) is 13.3. The second-order valence-electron chi connectivity index (χ2n) is 7.26. The number of hydrogen-bond donors (Lipinski definition) is 1. The van der Waals surface area contributed by atoms with Gasteiger partial charge in [0.1, 0.15) is 17.1 Å². The first-order valence-corrected chi connectivity index (χ1v) is 9.29. The number of nitrogens with zero attached hydrogens (tertiary/aromatic N) is 1. The van der Waals surface area contributed by atoms with Gasteiger partial charge >= 0.3 is 0 Å². The highest BCUT2D eigenvalue weighted by atomic mass is 16.3. The third-order valence-electron chi connectivity index (χ3n) is 5.47. The largest absolute Gasteiger partial charge is 0.508 e. The van der Waals surface area contributed by atoms with Gasteiger partial charge in [-0.05, 0) is 52.2 Å². The van der Waals surface area contributed by atoms with Gasteiger partial charge in [-0.1, -0.05) is 43.0 Å². The van der Waals surface area contributed by atoms with Gasteiger partial charge in [-0.15, -0.1) is 0 Å². The second kappa shape index (κ2) is 6.27. The van der Waals surface area contributed by atoms with E-state index in [0.29, 0.717) is 13.1 Å². The Labute approximate surface area is 162 Å². The smallest absolute Gasteiger partial charge is 0.246 e. The van der Waals surface area contributed by atoms with Gasteiger partial charge in [0, 0.05) is 18.5 Å². The summed E-state index contributed by atoms with van der Waals surface area (Å²) < 4.78 is 6.11. The monoisotopic (exact) mass is 369 g/mol. The maximum atomic E-state index is 11.6. The lowest BCUT2D eigenvalue weighted by Crippen LogP contribution is -2.47. The SMILES string of the molecule is C=CC(=O)N1CC(c2cc3ccc(-c4cc(O)cc5ccccc45)cc3o2)C1. The minimum absolute atomic E-state index is 0.0367. The van der Waals surface area contributed by atoms with E-state index in [9.17, 15) is 9.90 Å². The molecule has 3 aromatic carbocycles. The second-order valence-corrected chi connectivity index (χ2v) is 7.26. The Morgan fingerprint density at radius 3 is 2.71 bits per heavy atom. The molecule has 0 radical (unpaired) electrons. The van der Waals surface area contributed by atoms with Crippen molar-refractivity contribution in [3.8, 4) is 16.9 Å². The third-order valence-corrected chi connectivity index (χ3v) is 5.47. The molecule has 1 aliphatic rings. The fourth-order valence-electron chi connectivity index (χ4n) is 3.92. The molecule has 0 atom stereocenters. The van der Waals surface area contributed by atoms with E-state index in [4.69, 9.17) is 4.42 Å². The van der Waals surface area contributed by atoms with E-state index in [-0.39, 0.29) is 17.6 Å². The molecule has 1 fully saturated rings. The predicted molar refractivity (Wildman–Crippen MR) is 110 cm³/mol. The molecule has 0 spiro atoms. The zero-order valence-corrected chi connectivity index (χ0v) is 15.3. The highest BCUT2D eigenvalue weighted by Crippen LogP contribution is 2.36. The Hall–Kier alpha value is -3.53. The van der Waals surface area contributed by atoms with Crippen LogP contribution in [0.4, 0.5) is 0 Å². The van der Waals surface area contributed by atoms with Crippen LogP contribution in [-0.2, 0) is 4.79 Å². The van der Waals surface area contributed by atoms with E-state index in [1.807, 2.05) is 30.3 Å². The number of carbonyl (C=O) groups is 1. The molecule has 1 aliphatic heterocycles. The quantitative estimate of drug-likeness (QED) is 0.513. The van der Waals surface area contributed by atoms with Gasteiger partial charge in [0.25, 0.3) is 0 Å². The lowest BCUT2D eigenvalue weighted by Gasteiger charge is -2.37. The van der Waals surface area contributed by atoms with Crippen molar-refractivity contribution in [3.63, 3.8) is 0 Å². The van der Waals surface area contributed by atoms with E-state index in [1.165, 1.54) is 6.08 Å². The Morgan fingerprint density at radius 1 is 1.07 bits per heavy atom. The first-order valence-electron chi connectivity index (χ1n) is 9.29. The molecular formula is C24H19NO3. The van der Waals surface area contributed by atoms with Crippen molar-refractivity contribution >= 4 is 27.6 Å². The molecule has 1 aromatic heterocycles. The van der Waals surface area contributed by atoms with Crippen molar-refractivity contribution in [1.29, 1.82) is 0 Å². The molecule has 1 amide bonds. The Kier molecular flexibility index (Phi) is 3.72. The third kappa shape index (κ3) is 2.65. The Bertz CT molecular complexity index is 1230. The molecular weight excluding hydrogens is 350 g/mol. The minimum atomic E-state index is -0.0367. The molecule has 4 aromatic rings. The number of amides is 1. The summed E-state index contributed by atoms with van der Waals surface area (Å²) in [6.45, 7) is 4.85. The Balaban J connectivity index is 1.52. The first-order chi connectivity index (χ1) is 13.6. The maximum absolute atomic E-state index is 11.6. The highest BCUT2D eigenvalue weighted by Gasteiger charge is 2.32. The zero-order valence-electron chi connectivity index (χ0n) is 15.3. The lowest BCUT2D eigenvalue weighted by molar-refractivity contribution is -0.130. The van der Waals surface area contributed by atoms with E-state index in [0.717, 1.165) is 38.6 Å². The number of aromatic hydroxyl groups is 1. The molecule has 1 saturated heterocycles. The number of furan rings is 1. The molecule has 28 heavy (non-hydrogen) atoms. The van der Waals surface area contributed by atoms with Gasteiger partial charge in [0.15, 0.2) is 0 Å². The van der Waals surface area contributed by atoms with Gasteiger partial charge in [0.2, 0.25) is 5.91 Å². The van der Waals surface area contributed by atoms with Crippen molar-refractivity contribution in [1.82, 2.24) is 4.90 Å². The van der Waals surface area contributed by atoms with E-state index in [1.54, 1.807) is 17.0 Å². The number of phenolic OH excluding ortho intramolecular Hbond substituents is 1. The molecule has 5 rings (SSSR count). The molecule has 2 heterocycles. The normalized spacial score (nSPS) is 14.4. The van der Waals surface area contributed by atoms with E-state index >= 15 is 0 Å². The average molecular weight is 369 g/mol. The summed E-state index contributed by atoms with van der Waals surface area (Å²) in [5.74, 6) is 1.34. The van der Waals surface area contributed by atoms with Crippen LogP contribution in [0, 0.1) is 0 Å². The average Bonchev–Trinajstić information content (AvgIpc) is 3.08. The number of carbonyl (C=O) groups excluding carboxylic acids is 1. The topological polar surface area (TPSA) is 53.7 Å². The van der Waals surface area contributed by atoms with Crippen LogP contribution in [0.25, 0.3) is 32.9 Å². The molecule has 4 heteroatoms. The van der Waals surface area contributed by atoms with Crippen LogP contribution in [0.1, 0.15) is 11.7 Å².